The summed E-state index contributed by atoms with van der Waals surface area (Å²) in [6, 6.07) is 18.3. The molecular formula is C17H15ClN2. The van der Waals surface area contributed by atoms with E-state index in [9.17, 15) is 0 Å². The van der Waals surface area contributed by atoms with E-state index in [4.69, 9.17) is 11.6 Å². The van der Waals surface area contributed by atoms with Crippen LogP contribution in [0, 0.1) is 0 Å². The second-order valence-electron chi connectivity index (χ2n) is 4.73. The standard InChI is InChI=1S/C17H15ClN2/c1-19-11-12-6-8-14(15(18)10-12)17-9-7-13-4-2-3-5-16(13)20-17/h2-10,19H,11H2,1H3. The zero-order chi connectivity index (χ0) is 13.9. The summed E-state index contributed by atoms with van der Waals surface area (Å²) in [5, 5.41) is 5.00. The number of pyridine rings is 1. The molecule has 3 aromatic rings. The van der Waals surface area contributed by atoms with Gasteiger partial charge in [-0.2, -0.15) is 0 Å². The third-order valence-electron chi connectivity index (χ3n) is 3.29. The third kappa shape index (κ3) is 2.53. The molecule has 0 aliphatic carbocycles. The maximum absolute atomic E-state index is 6.38. The SMILES string of the molecule is CNCc1ccc(-c2ccc3ccccc3n2)c(Cl)c1. The molecule has 3 rings (SSSR count). The summed E-state index contributed by atoms with van der Waals surface area (Å²) in [6.07, 6.45) is 0. The van der Waals surface area contributed by atoms with Gasteiger partial charge in [-0.05, 0) is 30.8 Å². The van der Waals surface area contributed by atoms with Gasteiger partial charge in [0.05, 0.1) is 16.2 Å². The van der Waals surface area contributed by atoms with Crippen molar-refractivity contribution in [3.8, 4) is 11.3 Å². The lowest BCUT2D eigenvalue weighted by atomic mass is 10.1. The third-order valence-corrected chi connectivity index (χ3v) is 3.60. The van der Waals surface area contributed by atoms with Crippen LogP contribution >= 0.6 is 11.6 Å². The van der Waals surface area contributed by atoms with Crippen molar-refractivity contribution in [1.29, 1.82) is 0 Å². The Morgan fingerprint density at radius 1 is 1.05 bits per heavy atom. The Hall–Kier alpha value is -1.90. The summed E-state index contributed by atoms with van der Waals surface area (Å²) < 4.78 is 0. The topological polar surface area (TPSA) is 24.9 Å². The summed E-state index contributed by atoms with van der Waals surface area (Å²) in [5.74, 6) is 0. The summed E-state index contributed by atoms with van der Waals surface area (Å²) >= 11 is 6.38. The van der Waals surface area contributed by atoms with E-state index in [1.165, 1.54) is 5.56 Å². The molecule has 0 aliphatic rings. The highest BCUT2D eigenvalue weighted by Gasteiger charge is 2.06. The number of hydrogen-bond donors (Lipinski definition) is 1. The second-order valence-corrected chi connectivity index (χ2v) is 5.14. The van der Waals surface area contributed by atoms with E-state index in [0.717, 1.165) is 33.7 Å². The van der Waals surface area contributed by atoms with Gasteiger partial charge in [-0.25, -0.2) is 4.98 Å². The number of aromatic nitrogens is 1. The fraction of sp³-hybridized carbons (Fsp3) is 0.118. The summed E-state index contributed by atoms with van der Waals surface area (Å²) in [5.41, 5.74) is 4.03. The van der Waals surface area contributed by atoms with Gasteiger partial charge in [0.2, 0.25) is 0 Å². The number of nitrogens with one attached hydrogen (secondary N) is 1. The van der Waals surface area contributed by atoms with Crippen molar-refractivity contribution in [2.45, 2.75) is 6.54 Å². The molecule has 0 atom stereocenters. The molecule has 1 N–H and O–H groups in total. The van der Waals surface area contributed by atoms with E-state index in [-0.39, 0.29) is 0 Å². The molecule has 20 heavy (non-hydrogen) atoms. The lowest BCUT2D eigenvalue weighted by Crippen LogP contribution is -2.04. The van der Waals surface area contributed by atoms with Crippen LogP contribution in [0.3, 0.4) is 0 Å². The minimum Gasteiger partial charge on any atom is -0.316 e. The lowest BCUT2D eigenvalue weighted by Gasteiger charge is -2.08. The molecule has 3 heteroatoms. The van der Waals surface area contributed by atoms with Crippen molar-refractivity contribution in [2.24, 2.45) is 0 Å². The van der Waals surface area contributed by atoms with Crippen LogP contribution in [0.25, 0.3) is 22.2 Å². The smallest absolute Gasteiger partial charge is 0.0724 e. The molecule has 0 amide bonds. The molecule has 0 saturated heterocycles. The summed E-state index contributed by atoms with van der Waals surface area (Å²) in [4.78, 5) is 4.68. The fourth-order valence-corrected chi connectivity index (χ4v) is 2.60. The number of halogens is 1. The molecule has 0 fully saturated rings. The Morgan fingerprint density at radius 2 is 1.90 bits per heavy atom. The van der Waals surface area contributed by atoms with Gasteiger partial charge in [0.15, 0.2) is 0 Å². The van der Waals surface area contributed by atoms with Gasteiger partial charge in [-0.1, -0.05) is 48.0 Å². The van der Waals surface area contributed by atoms with Crippen molar-refractivity contribution in [1.82, 2.24) is 10.3 Å². The van der Waals surface area contributed by atoms with Crippen LogP contribution in [0.15, 0.2) is 54.6 Å². The molecule has 2 nitrogen and oxygen atoms in total. The molecule has 1 aromatic heterocycles. The molecule has 0 aliphatic heterocycles. The number of benzene rings is 2. The lowest BCUT2D eigenvalue weighted by molar-refractivity contribution is 0.818. The van der Waals surface area contributed by atoms with Gasteiger partial charge < -0.3 is 5.32 Å². The predicted octanol–water partition coefficient (Wildman–Crippen LogP) is 4.27. The van der Waals surface area contributed by atoms with E-state index >= 15 is 0 Å². The zero-order valence-corrected chi connectivity index (χ0v) is 12.0. The first-order valence-electron chi connectivity index (χ1n) is 6.57. The molecule has 1 heterocycles. The quantitative estimate of drug-likeness (QED) is 0.776. The Morgan fingerprint density at radius 3 is 2.70 bits per heavy atom. The summed E-state index contributed by atoms with van der Waals surface area (Å²) in [6.45, 7) is 0.811. The monoisotopic (exact) mass is 282 g/mol. The van der Waals surface area contributed by atoms with Crippen LogP contribution < -0.4 is 5.32 Å². The van der Waals surface area contributed by atoms with Crippen LogP contribution in [0.2, 0.25) is 5.02 Å². The molecule has 0 unspecified atom stereocenters. The minimum atomic E-state index is 0.737. The summed E-state index contributed by atoms with van der Waals surface area (Å²) in [7, 11) is 1.92. The van der Waals surface area contributed by atoms with Crippen LogP contribution in [0.4, 0.5) is 0 Å². The highest BCUT2D eigenvalue weighted by molar-refractivity contribution is 6.33. The number of para-hydroxylation sites is 1. The van der Waals surface area contributed by atoms with Crippen LogP contribution in [-0.2, 0) is 6.54 Å². The van der Waals surface area contributed by atoms with E-state index in [1.807, 2.05) is 43.4 Å². The van der Waals surface area contributed by atoms with E-state index in [1.54, 1.807) is 0 Å². The molecule has 100 valence electrons. The molecule has 0 bridgehead atoms. The van der Waals surface area contributed by atoms with E-state index in [2.05, 4.69) is 28.5 Å². The molecular weight excluding hydrogens is 268 g/mol. The van der Waals surface area contributed by atoms with Gasteiger partial charge in [-0.15, -0.1) is 0 Å². The normalized spacial score (nSPS) is 10.9. The Labute approximate surface area is 123 Å². The highest BCUT2D eigenvalue weighted by Crippen LogP contribution is 2.28. The van der Waals surface area contributed by atoms with Gasteiger partial charge in [-0.3, -0.25) is 0 Å². The predicted molar refractivity (Wildman–Crippen MR) is 85.0 cm³/mol. The fourth-order valence-electron chi connectivity index (χ4n) is 2.30. The number of fused-ring (bicyclic) bond motifs is 1. The Balaban J connectivity index is 2.06. The van der Waals surface area contributed by atoms with Crippen molar-refractivity contribution >= 4 is 22.5 Å². The molecule has 0 saturated carbocycles. The maximum Gasteiger partial charge on any atom is 0.0724 e. The minimum absolute atomic E-state index is 0.737. The molecule has 0 radical (unpaired) electrons. The maximum atomic E-state index is 6.38. The van der Waals surface area contributed by atoms with Crippen LogP contribution in [-0.4, -0.2) is 12.0 Å². The highest BCUT2D eigenvalue weighted by atomic mass is 35.5. The first kappa shape index (κ1) is 13.1. The van der Waals surface area contributed by atoms with E-state index in [0.29, 0.717) is 0 Å². The van der Waals surface area contributed by atoms with Crippen molar-refractivity contribution in [2.75, 3.05) is 7.05 Å². The second kappa shape index (κ2) is 5.61. The number of hydrogen-bond acceptors (Lipinski definition) is 2. The van der Waals surface area contributed by atoms with Gasteiger partial charge in [0.25, 0.3) is 0 Å². The van der Waals surface area contributed by atoms with Crippen LogP contribution in [0.5, 0.6) is 0 Å². The van der Waals surface area contributed by atoms with Crippen molar-refractivity contribution in [3.05, 3.63) is 65.2 Å². The van der Waals surface area contributed by atoms with Gasteiger partial charge >= 0.3 is 0 Å². The first-order valence-corrected chi connectivity index (χ1v) is 6.95. The largest absolute Gasteiger partial charge is 0.316 e. The van der Waals surface area contributed by atoms with E-state index < -0.39 is 0 Å². The number of rotatable bonds is 3. The Kier molecular flexibility index (Phi) is 3.68. The average Bonchev–Trinajstić information content (AvgIpc) is 2.47. The van der Waals surface area contributed by atoms with Gasteiger partial charge in [0, 0.05) is 17.5 Å². The zero-order valence-electron chi connectivity index (χ0n) is 11.2. The number of nitrogens with zero attached hydrogens (tertiary/aromatic N) is 1. The van der Waals surface area contributed by atoms with Crippen molar-refractivity contribution in [3.63, 3.8) is 0 Å². The Bertz CT molecular complexity index is 753. The van der Waals surface area contributed by atoms with Crippen molar-refractivity contribution < 1.29 is 0 Å². The van der Waals surface area contributed by atoms with Gasteiger partial charge in [0.1, 0.15) is 0 Å². The molecule has 2 aromatic carbocycles. The van der Waals surface area contributed by atoms with Crippen LogP contribution in [0.1, 0.15) is 5.56 Å². The average molecular weight is 283 g/mol. The molecule has 0 spiro atoms. The first-order chi connectivity index (χ1) is 9.78.